The minimum atomic E-state index is -1.68. The summed E-state index contributed by atoms with van der Waals surface area (Å²) >= 11 is 0. The van der Waals surface area contributed by atoms with Gasteiger partial charge in [-0.3, -0.25) is 9.59 Å². The maximum Gasteiger partial charge on any atom is 0.319 e. The lowest BCUT2D eigenvalue weighted by molar-refractivity contribution is -0.158. The first kappa shape index (κ1) is 17.9. The van der Waals surface area contributed by atoms with E-state index in [1.165, 1.54) is 24.3 Å². The van der Waals surface area contributed by atoms with Gasteiger partial charge in [0.05, 0.1) is 0 Å². The Morgan fingerprint density at radius 1 is 0.650 bits per heavy atom. The van der Waals surface area contributed by atoms with Crippen LogP contribution in [0, 0.1) is 10.8 Å². The fraction of sp³-hybridized carbons (Fsp3) is 0.375. The van der Waals surface area contributed by atoms with Crippen LogP contribution >= 0.6 is 0 Å². The first-order chi connectivity index (χ1) is 9.38. The van der Waals surface area contributed by atoms with Gasteiger partial charge in [-0.15, -0.1) is 0 Å². The normalized spacial score (nSPS) is 16.4. The van der Waals surface area contributed by atoms with Crippen molar-refractivity contribution in [3.8, 4) is 0 Å². The van der Waals surface area contributed by atoms with Gasteiger partial charge in [0.15, 0.2) is 0 Å². The van der Waals surface area contributed by atoms with E-state index in [0.29, 0.717) is 0 Å². The van der Waals surface area contributed by atoms with E-state index >= 15 is 0 Å². The molecule has 0 saturated carbocycles. The molecule has 4 nitrogen and oxygen atoms in total. The van der Waals surface area contributed by atoms with E-state index in [4.69, 9.17) is 0 Å². The lowest BCUT2D eigenvalue weighted by atomic mass is 9.62. The summed E-state index contributed by atoms with van der Waals surface area (Å²) in [7, 11) is 0. The Kier molecular flexibility index (Phi) is 6.69. The Bertz CT molecular complexity index is 399. The average molecular weight is 278 g/mol. The van der Waals surface area contributed by atoms with E-state index in [-0.39, 0.29) is 0 Å². The lowest BCUT2D eigenvalue weighted by Gasteiger charge is -2.37. The molecule has 110 valence electrons. The molecule has 0 amide bonds. The number of carbonyl (C=O) groups is 2. The van der Waals surface area contributed by atoms with Gasteiger partial charge in [0.2, 0.25) is 0 Å². The number of hydrogen-bond acceptors (Lipinski definition) is 2. The summed E-state index contributed by atoms with van der Waals surface area (Å²) in [5, 5.41) is 19.4. The number of hydrogen-bond donors (Lipinski definition) is 2. The van der Waals surface area contributed by atoms with E-state index in [1.54, 1.807) is 52.0 Å². The largest absolute Gasteiger partial charge is 0.480 e. The summed E-state index contributed by atoms with van der Waals surface area (Å²) in [6.07, 6.45) is 11.8. The highest BCUT2D eigenvalue weighted by Crippen LogP contribution is 2.46. The zero-order valence-electron chi connectivity index (χ0n) is 12.3. The van der Waals surface area contributed by atoms with Gasteiger partial charge in [0.1, 0.15) is 10.8 Å². The van der Waals surface area contributed by atoms with Crippen molar-refractivity contribution >= 4 is 11.9 Å². The van der Waals surface area contributed by atoms with Crippen LogP contribution in [0.4, 0.5) is 0 Å². The highest BCUT2D eigenvalue weighted by molar-refractivity contribution is 5.93. The Balaban J connectivity index is 6.71. The molecule has 0 aliphatic rings. The summed E-state index contributed by atoms with van der Waals surface area (Å²) in [6, 6.07) is 0. The summed E-state index contributed by atoms with van der Waals surface area (Å²) in [4.78, 5) is 23.7. The lowest BCUT2D eigenvalue weighted by Crippen LogP contribution is -2.48. The molecule has 4 heteroatoms. The predicted molar refractivity (Wildman–Crippen MR) is 79.4 cm³/mol. The van der Waals surface area contributed by atoms with Gasteiger partial charge in [0.25, 0.3) is 0 Å². The van der Waals surface area contributed by atoms with Crippen LogP contribution in [0.2, 0.25) is 0 Å². The van der Waals surface area contributed by atoms with Crippen LogP contribution in [0.5, 0.6) is 0 Å². The van der Waals surface area contributed by atoms with E-state index in [0.717, 1.165) is 0 Å². The van der Waals surface area contributed by atoms with Crippen molar-refractivity contribution in [2.75, 3.05) is 0 Å². The highest BCUT2D eigenvalue weighted by Gasteiger charge is 2.55. The van der Waals surface area contributed by atoms with Gasteiger partial charge in [-0.25, -0.2) is 0 Å². The van der Waals surface area contributed by atoms with Gasteiger partial charge in [-0.2, -0.15) is 0 Å². The summed E-state index contributed by atoms with van der Waals surface area (Å²) in [5.74, 6) is -2.43. The van der Waals surface area contributed by atoms with Crippen molar-refractivity contribution in [3.05, 3.63) is 48.6 Å². The average Bonchev–Trinajstić information content (AvgIpc) is 2.37. The molecule has 0 rings (SSSR count). The number of carboxylic acids is 2. The maximum absolute atomic E-state index is 11.9. The van der Waals surface area contributed by atoms with Crippen LogP contribution in [-0.4, -0.2) is 22.2 Å². The van der Waals surface area contributed by atoms with Crippen LogP contribution in [0.3, 0.4) is 0 Å². The summed E-state index contributed by atoms with van der Waals surface area (Å²) in [5.41, 5.74) is -3.36. The monoisotopic (exact) mass is 278 g/mol. The van der Waals surface area contributed by atoms with Gasteiger partial charge >= 0.3 is 11.9 Å². The smallest absolute Gasteiger partial charge is 0.319 e. The van der Waals surface area contributed by atoms with Crippen LogP contribution in [-0.2, 0) is 9.59 Å². The van der Waals surface area contributed by atoms with Crippen molar-refractivity contribution in [3.63, 3.8) is 0 Å². The molecule has 0 radical (unpaired) electrons. The first-order valence-corrected chi connectivity index (χ1v) is 6.40. The quantitative estimate of drug-likeness (QED) is 0.700. The summed E-state index contributed by atoms with van der Waals surface area (Å²) in [6.45, 7) is 6.66. The molecule has 0 saturated heterocycles. The molecule has 0 aromatic heterocycles. The van der Waals surface area contributed by atoms with Crippen LogP contribution < -0.4 is 0 Å². The molecule has 0 aliphatic heterocycles. The molecule has 1 unspecified atom stereocenters. The van der Waals surface area contributed by atoms with Gasteiger partial charge in [-0.1, -0.05) is 48.6 Å². The molecule has 20 heavy (non-hydrogen) atoms. The molecular weight excluding hydrogens is 256 g/mol. The molecule has 0 fully saturated rings. The Morgan fingerprint density at radius 2 is 0.850 bits per heavy atom. The second-order valence-corrected chi connectivity index (χ2v) is 4.35. The Hall–Kier alpha value is -2.10. The second kappa shape index (κ2) is 7.48. The third-order valence-corrected chi connectivity index (χ3v) is 3.11. The molecule has 0 aromatic rings. The Labute approximate surface area is 119 Å². The van der Waals surface area contributed by atoms with E-state index < -0.39 is 22.8 Å². The molecule has 1 atom stereocenters. The fourth-order valence-electron chi connectivity index (χ4n) is 2.35. The topological polar surface area (TPSA) is 74.6 Å². The number of aliphatic carboxylic acids is 2. The summed E-state index contributed by atoms with van der Waals surface area (Å²) < 4.78 is 0. The minimum Gasteiger partial charge on any atom is -0.480 e. The second-order valence-electron chi connectivity index (χ2n) is 4.35. The molecule has 0 bridgehead atoms. The van der Waals surface area contributed by atoms with Crippen molar-refractivity contribution in [1.29, 1.82) is 0 Å². The standard InChI is InChI=1S/C16H22O4/c1-5-9-15(10-6-2,13(17)18)16(11-7-3,12-8-4)14(19)20/h5-12H,1-4H3,(H,17,18)(H,19,20)/b9-5-,10-6+,11-7+,12-8+. The van der Waals surface area contributed by atoms with Crippen molar-refractivity contribution in [2.24, 2.45) is 10.8 Å². The van der Waals surface area contributed by atoms with Crippen molar-refractivity contribution in [1.82, 2.24) is 0 Å². The molecule has 0 heterocycles. The SMILES string of the molecule is C/C=C\C(/C=C/C)(C(=O)O)C(/C=C/C)(/C=C/C)C(=O)O. The molecule has 2 N–H and O–H groups in total. The van der Waals surface area contributed by atoms with Gasteiger partial charge in [-0.05, 0) is 27.7 Å². The van der Waals surface area contributed by atoms with Crippen molar-refractivity contribution in [2.45, 2.75) is 27.7 Å². The fourth-order valence-corrected chi connectivity index (χ4v) is 2.35. The molecule has 0 aliphatic carbocycles. The Morgan fingerprint density at radius 3 is 0.950 bits per heavy atom. The molecule has 0 aromatic carbocycles. The van der Waals surface area contributed by atoms with E-state index in [2.05, 4.69) is 0 Å². The van der Waals surface area contributed by atoms with Crippen LogP contribution in [0.25, 0.3) is 0 Å². The number of rotatable bonds is 7. The van der Waals surface area contributed by atoms with Crippen molar-refractivity contribution < 1.29 is 19.8 Å². The zero-order chi connectivity index (χ0) is 15.8. The third-order valence-electron chi connectivity index (χ3n) is 3.11. The van der Waals surface area contributed by atoms with Crippen LogP contribution in [0.1, 0.15) is 27.7 Å². The van der Waals surface area contributed by atoms with E-state index in [1.807, 2.05) is 0 Å². The molecular formula is C16H22O4. The highest BCUT2D eigenvalue weighted by atomic mass is 16.4. The minimum absolute atomic E-state index is 1.22. The molecule has 0 spiro atoms. The predicted octanol–water partition coefficient (Wildman–Crippen LogP) is 3.43. The van der Waals surface area contributed by atoms with Gasteiger partial charge < -0.3 is 10.2 Å². The first-order valence-electron chi connectivity index (χ1n) is 6.40. The maximum atomic E-state index is 11.9. The number of allylic oxidation sites excluding steroid dienone is 4. The number of carboxylic acid groups (broad SMARTS) is 2. The van der Waals surface area contributed by atoms with E-state index in [9.17, 15) is 19.8 Å². The zero-order valence-corrected chi connectivity index (χ0v) is 12.3. The third kappa shape index (κ3) is 2.90. The van der Waals surface area contributed by atoms with Gasteiger partial charge in [0, 0.05) is 0 Å². The van der Waals surface area contributed by atoms with Crippen LogP contribution in [0.15, 0.2) is 48.6 Å².